The van der Waals surface area contributed by atoms with E-state index in [4.69, 9.17) is 9.47 Å². The van der Waals surface area contributed by atoms with Crippen molar-refractivity contribution < 1.29 is 14.3 Å². The second-order valence-electron chi connectivity index (χ2n) is 7.60. The first-order valence-corrected chi connectivity index (χ1v) is 11.2. The van der Waals surface area contributed by atoms with Crippen molar-refractivity contribution in [2.45, 2.75) is 13.3 Å². The molecule has 0 bridgehead atoms. The van der Waals surface area contributed by atoms with Crippen LogP contribution in [0.25, 0.3) is 16.1 Å². The first kappa shape index (κ1) is 22.5. The monoisotopic (exact) mass is 463 g/mol. The van der Waals surface area contributed by atoms with Gasteiger partial charge in [-0.25, -0.2) is 4.68 Å². The fourth-order valence-electron chi connectivity index (χ4n) is 3.53. The molecular weight excluding hydrogens is 438 g/mol. The lowest BCUT2D eigenvalue weighted by molar-refractivity contribution is 0.0796. The van der Waals surface area contributed by atoms with Crippen LogP contribution in [0.3, 0.4) is 0 Å². The summed E-state index contributed by atoms with van der Waals surface area (Å²) < 4.78 is 12.2. The average molecular weight is 464 g/mol. The highest BCUT2D eigenvalue weighted by Gasteiger charge is 2.16. The van der Waals surface area contributed by atoms with E-state index in [1.165, 1.54) is 11.2 Å². The normalized spacial score (nSPS) is 10.8. The highest BCUT2D eigenvalue weighted by molar-refractivity contribution is 7.15. The molecular formula is C24H25N5O3S. The molecule has 33 heavy (non-hydrogen) atoms. The predicted molar refractivity (Wildman–Crippen MR) is 127 cm³/mol. The maximum absolute atomic E-state index is 13.3. The van der Waals surface area contributed by atoms with Gasteiger partial charge in [0, 0.05) is 28.9 Å². The number of thiophene rings is 1. The predicted octanol–water partition coefficient (Wildman–Crippen LogP) is 4.03. The third-order valence-corrected chi connectivity index (χ3v) is 6.38. The van der Waals surface area contributed by atoms with Crippen LogP contribution in [0, 0.1) is 6.92 Å². The molecule has 9 heteroatoms. The molecule has 0 fully saturated rings. The molecule has 8 nitrogen and oxygen atoms in total. The third kappa shape index (κ3) is 5.04. The Morgan fingerprint density at radius 3 is 2.55 bits per heavy atom. The second-order valence-corrected chi connectivity index (χ2v) is 8.89. The quantitative estimate of drug-likeness (QED) is 0.392. The molecule has 2 aromatic heterocycles. The summed E-state index contributed by atoms with van der Waals surface area (Å²) in [6.07, 6.45) is 2.21. The van der Waals surface area contributed by atoms with E-state index in [0.29, 0.717) is 30.0 Å². The molecule has 0 aliphatic rings. The molecule has 0 unspecified atom stereocenters. The minimum absolute atomic E-state index is 0.0695. The summed E-state index contributed by atoms with van der Waals surface area (Å²) in [6.45, 7) is 2.62. The summed E-state index contributed by atoms with van der Waals surface area (Å²) in [5.74, 6) is 1.29. The van der Waals surface area contributed by atoms with Gasteiger partial charge >= 0.3 is 0 Å². The Balaban J connectivity index is 1.57. The number of ether oxygens (including phenoxy) is 2. The second kappa shape index (κ2) is 9.83. The van der Waals surface area contributed by atoms with Crippen molar-refractivity contribution in [3.63, 3.8) is 0 Å². The SMILES string of the molecule is COc1ccc(CCN(C)C(=O)c2cc(-c3ccc(C)s3)cc(-n3cnnn3)c2)cc1OC. The Bertz CT molecular complexity index is 1250. The highest BCUT2D eigenvalue weighted by atomic mass is 32.1. The maximum atomic E-state index is 13.3. The van der Waals surface area contributed by atoms with Crippen molar-refractivity contribution >= 4 is 17.2 Å². The Hall–Kier alpha value is -3.72. The van der Waals surface area contributed by atoms with Crippen molar-refractivity contribution in [1.82, 2.24) is 25.1 Å². The molecule has 4 rings (SSSR count). The number of amides is 1. The molecule has 0 aliphatic carbocycles. The van der Waals surface area contributed by atoms with E-state index in [2.05, 4.69) is 34.6 Å². The van der Waals surface area contributed by atoms with Crippen LogP contribution in [0.15, 0.2) is 54.9 Å². The number of aryl methyl sites for hydroxylation is 1. The van der Waals surface area contributed by atoms with Crippen molar-refractivity contribution in [2.75, 3.05) is 27.8 Å². The van der Waals surface area contributed by atoms with Gasteiger partial charge in [-0.1, -0.05) is 6.07 Å². The number of carbonyl (C=O) groups excluding carboxylic acids is 1. The van der Waals surface area contributed by atoms with E-state index in [1.807, 2.05) is 43.4 Å². The number of aromatic nitrogens is 4. The largest absolute Gasteiger partial charge is 0.493 e. The van der Waals surface area contributed by atoms with Crippen molar-refractivity contribution in [1.29, 1.82) is 0 Å². The Morgan fingerprint density at radius 1 is 1.06 bits per heavy atom. The van der Waals surface area contributed by atoms with E-state index < -0.39 is 0 Å². The van der Waals surface area contributed by atoms with Gasteiger partial charge in [0.25, 0.3) is 5.91 Å². The number of likely N-dealkylation sites (N-methyl/N-ethyl adjacent to an activating group) is 1. The van der Waals surface area contributed by atoms with E-state index >= 15 is 0 Å². The zero-order valence-corrected chi connectivity index (χ0v) is 19.8. The molecule has 4 aromatic rings. The van der Waals surface area contributed by atoms with Gasteiger partial charge in [0.15, 0.2) is 11.5 Å². The number of tetrazole rings is 1. The van der Waals surface area contributed by atoms with Crippen LogP contribution in [0.1, 0.15) is 20.8 Å². The molecule has 0 spiro atoms. The highest BCUT2D eigenvalue weighted by Crippen LogP contribution is 2.31. The molecule has 0 aliphatic heterocycles. The van der Waals surface area contributed by atoms with E-state index in [9.17, 15) is 4.79 Å². The van der Waals surface area contributed by atoms with E-state index in [-0.39, 0.29) is 5.91 Å². The molecule has 2 aromatic carbocycles. The fraction of sp³-hybridized carbons (Fsp3) is 0.250. The van der Waals surface area contributed by atoms with E-state index in [1.54, 1.807) is 35.1 Å². The van der Waals surface area contributed by atoms with Gasteiger partial charge in [-0.05, 0) is 77.4 Å². The van der Waals surface area contributed by atoms with Crippen molar-refractivity contribution in [2.24, 2.45) is 0 Å². The van der Waals surface area contributed by atoms with Crippen LogP contribution in [0.2, 0.25) is 0 Å². The first-order valence-electron chi connectivity index (χ1n) is 10.4. The molecule has 2 heterocycles. The Labute approximate surface area is 196 Å². The lowest BCUT2D eigenvalue weighted by atomic mass is 10.1. The van der Waals surface area contributed by atoms with E-state index in [0.717, 1.165) is 21.7 Å². The first-order chi connectivity index (χ1) is 16.0. The molecule has 0 atom stereocenters. The Kier molecular flexibility index (Phi) is 6.69. The number of methoxy groups -OCH3 is 2. The lowest BCUT2D eigenvalue weighted by Gasteiger charge is -2.19. The summed E-state index contributed by atoms with van der Waals surface area (Å²) >= 11 is 1.68. The van der Waals surface area contributed by atoms with Crippen molar-refractivity contribution in [3.8, 4) is 27.6 Å². The van der Waals surface area contributed by atoms with Gasteiger partial charge in [0.1, 0.15) is 6.33 Å². The number of hydrogen-bond donors (Lipinski definition) is 0. The summed E-state index contributed by atoms with van der Waals surface area (Å²) in [4.78, 5) is 17.3. The molecule has 0 saturated heterocycles. The van der Waals surface area contributed by atoms with Gasteiger partial charge < -0.3 is 14.4 Å². The van der Waals surface area contributed by atoms with Gasteiger partial charge in [-0.3, -0.25) is 4.79 Å². The minimum Gasteiger partial charge on any atom is -0.493 e. The third-order valence-electron chi connectivity index (χ3n) is 5.33. The molecule has 1 amide bonds. The van der Waals surface area contributed by atoms with Crippen molar-refractivity contribution in [3.05, 3.63) is 70.9 Å². The molecule has 0 saturated carbocycles. The van der Waals surface area contributed by atoms with Gasteiger partial charge in [0.2, 0.25) is 0 Å². The van der Waals surface area contributed by atoms with Gasteiger partial charge in [-0.15, -0.1) is 16.4 Å². The standard InChI is InChI=1S/C24H25N5O3S/c1-16-5-8-23(33-16)18-12-19(14-20(13-18)29-15-25-26-27-29)24(30)28(2)10-9-17-6-7-21(31-3)22(11-17)32-4/h5-8,11-15H,9-10H2,1-4H3. The fourth-order valence-corrected chi connectivity index (χ4v) is 4.39. The van der Waals surface area contributed by atoms with Gasteiger partial charge in [0.05, 0.1) is 19.9 Å². The number of carbonyl (C=O) groups is 1. The van der Waals surface area contributed by atoms with Gasteiger partial charge in [-0.2, -0.15) is 0 Å². The summed E-state index contributed by atoms with van der Waals surface area (Å²) in [7, 11) is 5.03. The number of benzene rings is 2. The number of rotatable bonds is 8. The number of hydrogen-bond acceptors (Lipinski definition) is 7. The zero-order valence-electron chi connectivity index (χ0n) is 19.0. The Morgan fingerprint density at radius 2 is 1.88 bits per heavy atom. The summed E-state index contributed by atoms with van der Waals surface area (Å²) in [5.41, 5.74) is 3.33. The molecule has 0 radical (unpaired) electrons. The zero-order chi connectivity index (χ0) is 23.4. The average Bonchev–Trinajstić information content (AvgIpc) is 3.53. The van der Waals surface area contributed by atoms with Crippen LogP contribution < -0.4 is 9.47 Å². The summed E-state index contributed by atoms with van der Waals surface area (Å²) in [5, 5.41) is 11.4. The lowest BCUT2D eigenvalue weighted by Crippen LogP contribution is -2.29. The van der Waals surface area contributed by atoms with Crippen LogP contribution in [0.5, 0.6) is 11.5 Å². The van der Waals surface area contributed by atoms with Crippen LogP contribution in [-0.4, -0.2) is 58.8 Å². The summed E-state index contributed by atoms with van der Waals surface area (Å²) in [6, 6.07) is 15.7. The van der Waals surface area contributed by atoms with Crippen LogP contribution in [-0.2, 0) is 6.42 Å². The smallest absolute Gasteiger partial charge is 0.253 e. The number of nitrogens with zero attached hydrogens (tertiary/aromatic N) is 5. The topological polar surface area (TPSA) is 82.4 Å². The molecule has 0 N–H and O–H groups in total. The molecule has 170 valence electrons. The minimum atomic E-state index is -0.0695. The van der Waals surface area contributed by atoms with Crippen LogP contribution in [0.4, 0.5) is 0 Å². The maximum Gasteiger partial charge on any atom is 0.253 e. The van der Waals surface area contributed by atoms with Crippen LogP contribution >= 0.6 is 11.3 Å².